The first-order valence-corrected chi connectivity index (χ1v) is 9.12. The van der Waals surface area contributed by atoms with Gasteiger partial charge in [0.25, 0.3) is 0 Å². The molecule has 1 heterocycles. The zero-order valence-electron chi connectivity index (χ0n) is 15.5. The van der Waals surface area contributed by atoms with E-state index in [2.05, 4.69) is 9.97 Å². The third-order valence-corrected chi connectivity index (χ3v) is 4.48. The molecule has 0 bridgehead atoms. The summed E-state index contributed by atoms with van der Waals surface area (Å²) in [6.45, 7) is 0.526. The molecule has 4 aromatic rings. The zero-order chi connectivity index (χ0) is 20.1. The van der Waals surface area contributed by atoms with E-state index in [1.807, 2.05) is 54.6 Å². The lowest BCUT2D eigenvalue weighted by atomic mass is 10.1. The first-order valence-electron chi connectivity index (χ1n) is 9.12. The van der Waals surface area contributed by atoms with Crippen LogP contribution in [0.4, 0.5) is 0 Å². The predicted molar refractivity (Wildman–Crippen MR) is 111 cm³/mol. The minimum atomic E-state index is -0.955. The van der Waals surface area contributed by atoms with Crippen molar-refractivity contribution >= 4 is 5.97 Å². The molecule has 0 fully saturated rings. The van der Waals surface area contributed by atoms with E-state index < -0.39 is 5.97 Å². The highest BCUT2D eigenvalue weighted by atomic mass is 16.5. The number of carboxylic acids is 1. The van der Waals surface area contributed by atoms with E-state index in [4.69, 9.17) is 9.84 Å². The second-order valence-electron chi connectivity index (χ2n) is 6.48. The van der Waals surface area contributed by atoms with Crippen LogP contribution in [0.5, 0.6) is 5.75 Å². The van der Waals surface area contributed by atoms with Crippen LogP contribution >= 0.6 is 0 Å². The SMILES string of the molecule is O=C(O)c1ccc(-c2ncc(-c3ccc(OCc4ccccc4)cc3)cn2)cc1. The van der Waals surface area contributed by atoms with Gasteiger partial charge < -0.3 is 9.84 Å². The van der Waals surface area contributed by atoms with Gasteiger partial charge in [-0.05, 0) is 35.4 Å². The molecule has 29 heavy (non-hydrogen) atoms. The van der Waals surface area contributed by atoms with Crippen LogP contribution in [0, 0.1) is 0 Å². The van der Waals surface area contributed by atoms with Gasteiger partial charge in [0.15, 0.2) is 5.82 Å². The summed E-state index contributed by atoms with van der Waals surface area (Å²) in [7, 11) is 0. The molecule has 1 N–H and O–H groups in total. The minimum absolute atomic E-state index is 0.236. The van der Waals surface area contributed by atoms with Gasteiger partial charge in [-0.1, -0.05) is 54.6 Å². The van der Waals surface area contributed by atoms with Gasteiger partial charge in [-0.15, -0.1) is 0 Å². The monoisotopic (exact) mass is 382 g/mol. The summed E-state index contributed by atoms with van der Waals surface area (Å²) >= 11 is 0. The molecule has 0 aliphatic heterocycles. The highest BCUT2D eigenvalue weighted by Gasteiger charge is 2.06. The Bertz CT molecular complexity index is 1090. The molecule has 4 rings (SSSR count). The summed E-state index contributed by atoms with van der Waals surface area (Å²) in [5, 5.41) is 8.98. The van der Waals surface area contributed by atoms with Crippen molar-refractivity contribution in [2.45, 2.75) is 6.61 Å². The van der Waals surface area contributed by atoms with Gasteiger partial charge in [0, 0.05) is 23.5 Å². The summed E-state index contributed by atoms with van der Waals surface area (Å²) in [5.74, 6) is 0.395. The Morgan fingerprint density at radius 2 is 1.38 bits per heavy atom. The van der Waals surface area contributed by atoms with Crippen molar-refractivity contribution in [2.75, 3.05) is 0 Å². The van der Waals surface area contributed by atoms with Crippen molar-refractivity contribution in [3.8, 4) is 28.3 Å². The average molecular weight is 382 g/mol. The van der Waals surface area contributed by atoms with Crippen molar-refractivity contribution in [3.05, 3.63) is 102 Å². The lowest BCUT2D eigenvalue weighted by Crippen LogP contribution is -1.96. The van der Waals surface area contributed by atoms with Crippen molar-refractivity contribution in [1.82, 2.24) is 9.97 Å². The molecule has 0 radical (unpaired) electrons. The molecule has 142 valence electrons. The molecule has 0 saturated carbocycles. The van der Waals surface area contributed by atoms with Crippen molar-refractivity contribution < 1.29 is 14.6 Å². The van der Waals surface area contributed by atoms with Crippen LogP contribution < -0.4 is 4.74 Å². The number of carbonyl (C=O) groups is 1. The molecule has 0 atom stereocenters. The van der Waals surface area contributed by atoms with Gasteiger partial charge in [0.1, 0.15) is 12.4 Å². The van der Waals surface area contributed by atoms with Crippen LogP contribution in [0.1, 0.15) is 15.9 Å². The maximum Gasteiger partial charge on any atom is 0.335 e. The molecule has 0 aliphatic rings. The topological polar surface area (TPSA) is 72.3 Å². The van der Waals surface area contributed by atoms with Gasteiger partial charge in [0.05, 0.1) is 5.56 Å². The van der Waals surface area contributed by atoms with Crippen LogP contribution in [-0.4, -0.2) is 21.0 Å². The third-order valence-electron chi connectivity index (χ3n) is 4.48. The first kappa shape index (κ1) is 18.4. The van der Waals surface area contributed by atoms with Crippen molar-refractivity contribution in [2.24, 2.45) is 0 Å². The third kappa shape index (κ3) is 4.47. The van der Waals surface area contributed by atoms with E-state index >= 15 is 0 Å². The fourth-order valence-electron chi connectivity index (χ4n) is 2.87. The summed E-state index contributed by atoms with van der Waals surface area (Å²) in [4.78, 5) is 19.8. The number of rotatable bonds is 6. The average Bonchev–Trinajstić information content (AvgIpc) is 2.79. The zero-order valence-corrected chi connectivity index (χ0v) is 15.5. The van der Waals surface area contributed by atoms with E-state index in [9.17, 15) is 4.79 Å². The molecular formula is C24H18N2O3. The number of benzene rings is 3. The normalized spacial score (nSPS) is 10.5. The predicted octanol–water partition coefficient (Wildman–Crippen LogP) is 5.09. The van der Waals surface area contributed by atoms with Crippen LogP contribution in [-0.2, 0) is 6.61 Å². The lowest BCUT2D eigenvalue weighted by molar-refractivity contribution is 0.0697. The Morgan fingerprint density at radius 3 is 2.00 bits per heavy atom. The van der Waals surface area contributed by atoms with E-state index in [0.29, 0.717) is 12.4 Å². The molecule has 0 aliphatic carbocycles. The van der Waals surface area contributed by atoms with Gasteiger partial charge in [0.2, 0.25) is 0 Å². The molecular weight excluding hydrogens is 364 g/mol. The Labute approximate surface area is 168 Å². The summed E-state index contributed by atoms with van der Waals surface area (Å²) < 4.78 is 5.81. The molecule has 0 saturated heterocycles. The standard InChI is InChI=1S/C24H18N2O3/c27-24(28)20-8-6-19(7-9-20)23-25-14-21(15-26-23)18-10-12-22(13-11-18)29-16-17-4-2-1-3-5-17/h1-15H,16H2,(H,27,28). The van der Waals surface area contributed by atoms with Gasteiger partial charge in [-0.25, -0.2) is 14.8 Å². The quantitative estimate of drug-likeness (QED) is 0.503. The molecule has 0 spiro atoms. The molecule has 5 nitrogen and oxygen atoms in total. The fourth-order valence-corrected chi connectivity index (χ4v) is 2.87. The van der Waals surface area contributed by atoms with Crippen LogP contribution in [0.2, 0.25) is 0 Å². The van der Waals surface area contributed by atoms with Crippen LogP contribution in [0.15, 0.2) is 91.3 Å². The molecule has 5 heteroatoms. The molecule has 3 aromatic carbocycles. The van der Waals surface area contributed by atoms with Gasteiger partial charge >= 0.3 is 5.97 Å². The minimum Gasteiger partial charge on any atom is -0.489 e. The first-order chi connectivity index (χ1) is 14.2. The number of carboxylic acid groups (broad SMARTS) is 1. The number of ether oxygens (including phenoxy) is 1. The second kappa shape index (κ2) is 8.35. The molecule has 0 amide bonds. The van der Waals surface area contributed by atoms with Crippen molar-refractivity contribution in [1.29, 1.82) is 0 Å². The maximum atomic E-state index is 10.9. The van der Waals surface area contributed by atoms with Crippen molar-refractivity contribution in [3.63, 3.8) is 0 Å². The Hall–Kier alpha value is -3.99. The Balaban J connectivity index is 1.44. The maximum absolute atomic E-state index is 10.9. The Kier molecular flexibility index (Phi) is 5.29. The number of aromatic nitrogens is 2. The number of hydrogen-bond donors (Lipinski definition) is 1. The molecule has 1 aromatic heterocycles. The second-order valence-corrected chi connectivity index (χ2v) is 6.48. The summed E-state index contributed by atoms with van der Waals surface area (Å²) in [6, 6.07) is 24.3. The van der Waals surface area contributed by atoms with Gasteiger partial charge in [-0.3, -0.25) is 0 Å². The lowest BCUT2D eigenvalue weighted by Gasteiger charge is -2.08. The number of aromatic carboxylic acids is 1. The van der Waals surface area contributed by atoms with E-state index in [0.717, 1.165) is 28.0 Å². The Morgan fingerprint density at radius 1 is 0.759 bits per heavy atom. The summed E-state index contributed by atoms with van der Waals surface area (Å²) in [6.07, 6.45) is 3.51. The number of hydrogen-bond acceptors (Lipinski definition) is 4. The largest absolute Gasteiger partial charge is 0.489 e. The van der Waals surface area contributed by atoms with E-state index in [-0.39, 0.29) is 5.56 Å². The van der Waals surface area contributed by atoms with Crippen LogP contribution in [0.25, 0.3) is 22.5 Å². The van der Waals surface area contributed by atoms with E-state index in [1.54, 1.807) is 36.7 Å². The fraction of sp³-hybridized carbons (Fsp3) is 0.0417. The highest BCUT2D eigenvalue weighted by Crippen LogP contribution is 2.23. The summed E-state index contributed by atoms with van der Waals surface area (Å²) in [5.41, 5.74) is 4.01. The molecule has 0 unspecified atom stereocenters. The van der Waals surface area contributed by atoms with Crippen LogP contribution in [0.3, 0.4) is 0 Å². The smallest absolute Gasteiger partial charge is 0.335 e. The van der Waals surface area contributed by atoms with Gasteiger partial charge in [-0.2, -0.15) is 0 Å². The highest BCUT2D eigenvalue weighted by molar-refractivity contribution is 5.88. The number of nitrogens with zero attached hydrogens (tertiary/aromatic N) is 2. The van der Waals surface area contributed by atoms with E-state index in [1.165, 1.54) is 0 Å².